The van der Waals surface area contributed by atoms with Crippen molar-refractivity contribution >= 4 is 27.4 Å². The van der Waals surface area contributed by atoms with Crippen LogP contribution in [0.2, 0.25) is 0 Å². The lowest BCUT2D eigenvalue weighted by Crippen LogP contribution is -2.03. The third kappa shape index (κ3) is 4.20. The van der Waals surface area contributed by atoms with Gasteiger partial charge in [0.05, 0.1) is 18.2 Å². The average Bonchev–Trinajstić information content (AvgIpc) is 3.20. The van der Waals surface area contributed by atoms with Crippen LogP contribution in [-0.4, -0.2) is 12.1 Å². The van der Waals surface area contributed by atoms with Gasteiger partial charge in [-0.15, -0.1) is 0 Å². The van der Waals surface area contributed by atoms with Gasteiger partial charge in [0.1, 0.15) is 17.1 Å². The van der Waals surface area contributed by atoms with Crippen LogP contribution in [0, 0.1) is 20.8 Å². The minimum atomic E-state index is 0.734. The van der Waals surface area contributed by atoms with Crippen molar-refractivity contribution in [1.82, 2.24) is 4.98 Å². The number of fused-ring (bicyclic) bond motifs is 1. The van der Waals surface area contributed by atoms with Gasteiger partial charge < -0.3 is 9.15 Å². The molecule has 0 atom stereocenters. The second-order valence-electron chi connectivity index (χ2n) is 8.03. The summed E-state index contributed by atoms with van der Waals surface area (Å²) in [6, 6.07) is 24.2. The van der Waals surface area contributed by atoms with Crippen LogP contribution in [-0.2, 0) is 0 Å². The number of hydrogen-bond donors (Lipinski definition) is 0. The van der Waals surface area contributed by atoms with Gasteiger partial charge in [0.15, 0.2) is 0 Å². The first-order chi connectivity index (χ1) is 16.0. The number of nitrogens with zero attached hydrogens (tertiary/aromatic N) is 2. The van der Waals surface area contributed by atoms with Crippen LogP contribution in [0.1, 0.15) is 16.0 Å². The van der Waals surface area contributed by atoms with Gasteiger partial charge >= 0.3 is 0 Å². The molecule has 0 spiro atoms. The van der Waals surface area contributed by atoms with Gasteiger partial charge in [-0.2, -0.15) is 0 Å². The molecule has 2 heterocycles. The van der Waals surface area contributed by atoms with Crippen molar-refractivity contribution in [1.29, 1.82) is 0 Å². The van der Waals surface area contributed by atoms with E-state index in [-0.39, 0.29) is 0 Å². The molecular weight excluding hydrogens is 428 g/mol. The summed E-state index contributed by atoms with van der Waals surface area (Å²) in [5, 5.41) is 2.52. The molecule has 5 aromatic rings. The van der Waals surface area contributed by atoms with Gasteiger partial charge in [-0.1, -0.05) is 35.6 Å². The number of methoxy groups -OCH3 is 1. The number of ether oxygens (including phenoxy) is 1. The standard InChI is InChI=1S/C28H24N2O2S/c1-17-9-10-21(15-18(17)2)27-19(3)33-28(30-27)29-24-16-26(20-11-13-22(31-4)14-12-20)32-25-8-6-5-7-23(24)25/h5-16H,1-4H3. The Morgan fingerprint density at radius 2 is 1.61 bits per heavy atom. The number of thiazole rings is 1. The lowest BCUT2D eigenvalue weighted by molar-refractivity contribution is 0.415. The first-order valence-electron chi connectivity index (χ1n) is 10.8. The van der Waals surface area contributed by atoms with Crippen molar-refractivity contribution in [2.45, 2.75) is 20.8 Å². The topological polar surface area (TPSA) is 47.6 Å². The van der Waals surface area contributed by atoms with Gasteiger partial charge in [0, 0.05) is 27.5 Å². The van der Waals surface area contributed by atoms with Gasteiger partial charge in [-0.25, -0.2) is 9.98 Å². The summed E-state index contributed by atoms with van der Waals surface area (Å²) in [5.41, 5.74) is 6.40. The predicted molar refractivity (Wildman–Crippen MR) is 135 cm³/mol. The summed E-state index contributed by atoms with van der Waals surface area (Å²) in [6.45, 7) is 6.36. The predicted octanol–water partition coefficient (Wildman–Crippen LogP) is 7.39. The summed E-state index contributed by atoms with van der Waals surface area (Å²) in [7, 11) is 1.66. The zero-order valence-corrected chi connectivity index (χ0v) is 19.9. The van der Waals surface area contributed by atoms with Gasteiger partial charge in [0.25, 0.3) is 0 Å². The highest BCUT2D eigenvalue weighted by Gasteiger charge is 2.12. The van der Waals surface area contributed by atoms with E-state index in [0.29, 0.717) is 0 Å². The normalized spacial score (nSPS) is 11.8. The summed E-state index contributed by atoms with van der Waals surface area (Å²) in [4.78, 5) is 11.0. The van der Waals surface area contributed by atoms with Gasteiger partial charge in [0.2, 0.25) is 5.13 Å². The highest BCUT2D eigenvalue weighted by Crippen LogP contribution is 2.33. The number of para-hydroxylation sites is 1. The first kappa shape index (κ1) is 21.2. The second-order valence-corrected chi connectivity index (χ2v) is 9.21. The monoisotopic (exact) mass is 452 g/mol. The van der Waals surface area contributed by atoms with Crippen molar-refractivity contribution in [3.05, 3.63) is 94.2 Å². The lowest BCUT2D eigenvalue weighted by Gasteiger charge is -2.06. The molecule has 0 unspecified atom stereocenters. The molecule has 0 saturated carbocycles. The maximum absolute atomic E-state index is 6.20. The van der Waals surface area contributed by atoms with Crippen LogP contribution in [0.15, 0.2) is 82.2 Å². The minimum Gasteiger partial charge on any atom is -0.497 e. The summed E-state index contributed by atoms with van der Waals surface area (Å²) < 4.78 is 11.5. The Hall–Kier alpha value is -3.70. The second kappa shape index (κ2) is 8.68. The van der Waals surface area contributed by atoms with E-state index in [9.17, 15) is 0 Å². The van der Waals surface area contributed by atoms with E-state index in [4.69, 9.17) is 19.1 Å². The summed E-state index contributed by atoms with van der Waals surface area (Å²) in [5.74, 6) is 1.55. The van der Waals surface area contributed by atoms with E-state index < -0.39 is 0 Å². The Morgan fingerprint density at radius 1 is 0.848 bits per heavy atom. The minimum absolute atomic E-state index is 0.734. The Morgan fingerprint density at radius 3 is 2.36 bits per heavy atom. The molecule has 3 aromatic carbocycles. The molecule has 0 fully saturated rings. The van der Waals surface area contributed by atoms with Crippen LogP contribution in [0.3, 0.4) is 0 Å². The molecule has 0 aliphatic rings. The molecule has 0 radical (unpaired) electrons. The van der Waals surface area contributed by atoms with Crippen LogP contribution in [0.4, 0.5) is 5.13 Å². The molecule has 2 aromatic heterocycles. The smallest absolute Gasteiger partial charge is 0.210 e. The van der Waals surface area contributed by atoms with E-state index in [2.05, 4.69) is 39.0 Å². The fourth-order valence-electron chi connectivity index (χ4n) is 3.80. The third-order valence-electron chi connectivity index (χ3n) is 5.81. The van der Waals surface area contributed by atoms with Crippen molar-refractivity contribution in [2.24, 2.45) is 4.99 Å². The summed E-state index contributed by atoms with van der Waals surface area (Å²) in [6.07, 6.45) is 0. The Bertz CT molecular complexity index is 1530. The Kier molecular flexibility index (Phi) is 5.56. The number of aromatic nitrogens is 1. The molecule has 4 nitrogen and oxygen atoms in total. The molecule has 0 N–H and O–H groups in total. The van der Waals surface area contributed by atoms with Crippen molar-refractivity contribution in [3.63, 3.8) is 0 Å². The van der Waals surface area contributed by atoms with Gasteiger partial charge in [-0.05, 0) is 74.4 Å². The van der Waals surface area contributed by atoms with Crippen LogP contribution in [0.5, 0.6) is 5.75 Å². The zero-order chi connectivity index (χ0) is 22.9. The van der Waals surface area contributed by atoms with Crippen molar-refractivity contribution in [2.75, 3.05) is 7.11 Å². The molecule has 5 rings (SSSR count). The van der Waals surface area contributed by atoms with E-state index in [1.807, 2.05) is 54.6 Å². The van der Waals surface area contributed by atoms with E-state index in [0.717, 1.165) is 54.7 Å². The molecule has 0 aliphatic carbocycles. The van der Waals surface area contributed by atoms with E-state index in [1.54, 1.807) is 18.4 Å². The van der Waals surface area contributed by atoms with E-state index >= 15 is 0 Å². The first-order valence-corrected chi connectivity index (χ1v) is 11.6. The highest BCUT2D eigenvalue weighted by atomic mass is 32.1. The maximum atomic E-state index is 6.20. The van der Waals surface area contributed by atoms with Crippen molar-refractivity contribution in [3.8, 4) is 28.3 Å². The Labute approximate surface area is 196 Å². The summed E-state index contributed by atoms with van der Waals surface area (Å²) >= 11 is 1.60. The third-order valence-corrected chi connectivity index (χ3v) is 6.67. The maximum Gasteiger partial charge on any atom is 0.210 e. The lowest BCUT2D eigenvalue weighted by atomic mass is 10.0. The molecule has 164 valence electrons. The number of hydrogen-bond acceptors (Lipinski definition) is 5. The quantitative estimate of drug-likeness (QED) is 0.286. The number of aryl methyl sites for hydroxylation is 3. The fraction of sp³-hybridized carbons (Fsp3) is 0.143. The van der Waals surface area contributed by atoms with Crippen molar-refractivity contribution < 1.29 is 9.15 Å². The molecule has 0 bridgehead atoms. The Balaban J connectivity index is 1.64. The molecule has 5 heteroatoms. The molecule has 33 heavy (non-hydrogen) atoms. The van der Waals surface area contributed by atoms with Gasteiger partial charge in [-0.3, -0.25) is 0 Å². The van der Waals surface area contributed by atoms with E-state index in [1.165, 1.54) is 11.1 Å². The van der Waals surface area contributed by atoms with Crippen LogP contribution < -0.4 is 10.1 Å². The number of rotatable bonds is 4. The number of benzene rings is 3. The molecular formula is C28H24N2O2S. The molecule has 0 saturated heterocycles. The zero-order valence-electron chi connectivity index (χ0n) is 19.0. The van der Waals surface area contributed by atoms with Crippen LogP contribution >= 0.6 is 11.3 Å². The van der Waals surface area contributed by atoms with Crippen LogP contribution in [0.25, 0.3) is 33.6 Å². The average molecular weight is 453 g/mol. The fourth-order valence-corrected chi connectivity index (χ4v) is 4.61. The molecule has 0 amide bonds. The highest BCUT2D eigenvalue weighted by molar-refractivity contribution is 7.15. The SMILES string of the molecule is COc1ccc(-c2cc(=Nc3nc(-c4ccc(C)c(C)c4)c(C)s3)c3ccccc3o2)cc1. The molecule has 0 aliphatic heterocycles. The largest absolute Gasteiger partial charge is 0.497 e.